The fourth-order valence-corrected chi connectivity index (χ4v) is 2.37. The maximum Gasteiger partial charge on any atom is 0.0664 e. The van der Waals surface area contributed by atoms with Gasteiger partial charge in [0.15, 0.2) is 0 Å². The second kappa shape index (κ2) is 3.97. The van der Waals surface area contributed by atoms with Crippen molar-refractivity contribution in [3.05, 3.63) is 0 Å². The highest BCUT2D eigenvalue weighted by Crippen LogP contribution is 2.32. The van der Waals surface area contributed by atoms with Crippen molar-refractivity contribution in [2.75, 3.05) is 13.1 Å². The highest BCUT2D eigenvalue weighted by Gasteiger charge is 2.36. The van der Waals surface area contributed by atoms with E-state index in [0.717, 1.165) is 25.4 Å². The van der Waals surface area contributed by atoms with Gasteiger partial charge < -0.3 is 5.11 Å². The van der Waals surface area contributed by atoms with Crippen LogP contribution in [0.15, 0.2) is 0 Å². The highest BCUT2D eigenvalue weighted by molar-refractivity contribution is 4.91. The van der Waals surface area contributed by atoms with E-state index in [1.807, 2.05) is 6.92 Å². The first-order chi connectivity index (χ1) is 5.95. The van der Waals surface area contributed by atoms with Crippen molar-refractivity contribution in [3.8, 4) is 0 Å². The Morgan fingerprint density at radius 3 is 2.54 bits per heavy atom. The minimum absolute atomic E-state index is 0.149. The molecule has 13 heavy (non-hydrogen) atoms. The van der Waals surface area contributed by atoms with E-state index in [9.17, 15) is 5.11 Å². The maximum absolute atomic E-state index is 9.60. The number of hydrogen-bond donors (Lipinski definition) is 1. The third-order valence-corrected chi connectivity index (χ3v) is 3.14. The van der Waals surface area contributed by atoms with Crippen molar-refractivity contribution >= 4 is 0 Å². The summed E-state index contributed by atoms with van der Waals surface area (Å²) >= 11 is 0. The quantitative estimate of drug-likeness (QED) is 0.725. The average Bonchev–Trinajstić information content (AvgIpc) is 2.24. The molecule has 1 rings (SSSR count). The Balaban J connectivity index is 2.50. The molecule has 0 aliphatic carbocycles. The van der Waals surface area contributed by atoms with Gasteiger partial charge in [-0.15, -0.1) is 0 Å². The molecule has 1 aliphatic heterocycles. The molecule has 1 N–H and O–H groups in total. The number of rotatable bonds is 3. The molecule has 1 saturated heterocycles. The van der Waals surface area contributed by atoms with Crippen molar-refractivity contribution < 1.29 is 5.11 Å². The number of nitrogens with zero attached hydrogens (tertiary/aromatic N) is 1. The molecule has 0 spiro atoms. The van der Waals surface area contributed by atoms with E-state index in [2.05, 4.69) is 25.7 Å². The Morgan fingerprint density at radius 1 is 1.54 bits per heavy atom. The molecule has 1 unspecified atom stereocenters. The summed E-state index contributed by atoms with van der Waals surface area (Å²) in [5, 5.41) is 9.60. The number of β-amino-alcohol motifs (C(OH)–C–C–N with tert-alkyl or cyclic N) is 1. The lowest BCUT2D eigenvalue weighted by Crippen LogP contribution is -2.42. The monoisotopic (exact) mass is 185 g/mol. The average molecular weight is 185 g/mol. The van der Waals surface area contributed by atoms with Gasteiger partial charge in [0.2, 0.25) is 0 Å². The van der Waals surface area contributed by atoms with E-state index in [1.165, 1.54) is 6.42 Å². The Morgan fingerprint density at radius 2 is 2.15 bits per heavy atom. The highest BCUT2D eigenvalue weighted by atomic mass is 16.3. The predicted octanol–water partition coefficient (Wildman–Crippen LogP) is 1.88. The zero-order valence-corrected chi connectivity index (χ0v) is 9.38. The van der Waals surface area contributed by atoms with Crippen LogP contribution in [0.2, 0.25) is 0 Å². The van der Waals surface area contributed by atoms with Crippen LogP contribution in [0.1, 0.15) is 40.5 Å². The summed E-state index contributed by atoms with van der Waals surface area (Å²) in [6, 6.07) is 0. The molecule has 2 nitrogen and oxygen atoms in total. The molecule has 0 amide bonds. The normalized spacial score (nSPS) is 30.7. The van der Waals surface area contributed by atoms with Gasteiger partial charge in [-0.05, 0) is 32.6 Å². The lowest BCUT2D eigenvalue weighted by Gasteiger charge is -2.32. The molecule has 2 atom stereocenters. The van der Waals surface area contributed by atoms with Gasteiger partial charge in [0, 0.05) is 18.6 Å². The van der Waals surface area contributed by atoms with Gasteiger partial charge in [-0.2, -0.15) is 0 Å². The maximum atomic E-state index is 9.60. The Labute approximate surface area is 81.9 Å². The molecule has 0 saturated carbocycles. The summed E-state index contributed by atoms with van der Waals surface area (Å²) in [6.45, 7) is 10.9. The van der Waals surface area contributed by atoms with Gasteiger partial charge in [-0.1, -0.05) is 13.8 Å². The molecule has 0 aromatic carbocycles. The second-order valence-electron chi connectivity index (χ2n) is 5.09. The Bertz CT molecular complexity index is 167. The zero-order valence-electron chi connectivity index (χ0n) is 9.38. The molecular weight excluding hydrogens is 162 g/mol. The first-order valence-electron chi connectivity index (χ1n) is 5.39. The van der Waals surface area contributed by atoms with Crippen LogP contribution >= 0.6 is 0 Å². The molecule has 1 heterocycles. The van der Waals surface area contributed by atoms with Crippen LogP contribution < -0.4 is 0 Å². The summed E-state index contributed by atoms with van der Waals surface area (Å²) in [6.07, 6.45) is 1.97. The van der Waals surface area contributed by atoms with E-state index in [-0.39, 0.29) is 11.6 Å². The SMILES string of the molecule is CC[C@@H](O)CN1CC(C)CC1(C)C. The van der Waals surface area contributed by atoms with Crippen LogP contribution in [-0.4, -0.2) is 34.7 Å². The van der Waals surface area contributed by atoms with Crippen molar-refractivity contribution in [1.29, 1.82) is 0 Å². The van der Waals surface area contributed by atoms with Gasteiger partial charge in [0.1, 0.15) is 0 Å². The minimum Gasteiger partial charge on any atom is -0.392 e. The Kier molecular flexibility index (Phi) is 3.36. The fraction of sp³-hybridized carbons (Fsp3) is 1.00. The molecule has 0 aromatic heterocycles. The molecule has 1 aliphatic rings. The third-order valence-electron chi connectivity index (χ3n) is 3.14. The van der Waals surface area contributed by atoms with Gasteiger partial charge >= 0.3 is 0 Å². The van der Waals surface area contributed by atoms with E-state index in [1.54, 1.807) is 0 Å². The molecular formula is C11H23NO. The minimum atomic E-state index is -0.149. The molecule has 0 radical (unpaired) electrons. The summed E-state index contributed by atoms with van der Waals surface area (Å²) in [5.74, 6) is 0.777. The van der Waals surface area contributed by atoms with Crippen molar-refractivity contribution in [2.24, 2.45) is 5.92 Å². The van der Waals surface area contributed by atoms with Gasteiger partial charge in [-0.25, -0.2) is 0 Å². The van der Waals surface area contributed by atoms with Crippen LogP contribution in [0.5, 0.6) is 0 Å². The largest absolute Gasteiger partial charge is 0.392 e. The lowest BCUT2D eigenvalue weighted by molar-refractivity contribution is 0.0754. The summed E-state index contributed by atoms with van der Waals surface area (Å²) in [4.78, 5) is 2.42. The lowest BCUT2D eigenvalue weighted by atomic mass is 9.97. The van der Waals surface area contributed by atoms with Crippen LogP contribution in [-0.2, 0) is 0 Å². The molecule has 0 bridgehead atoms. The van der Waals surface area contributed by atoms with E-state index in [0.29, 0.717) is 0 Å². The van der Waals surface area contributed by atoms with Crippen LogP contribution in [0.3, 0.4) is 0 Å². The predicted molar refractivity (Wildman–Crippen MR) is 55.7 cm³/mol. The van der Waals surface area contributed by atoms with Crippen LogP contribution in [0.25, 0.3) is 0 Å². The van der Waals surface area contributed by atoms with Gasteiger partial charge in [0.25, 0.3) is 0 Å². The third kappa shape index (κ3) is 2.68. The molecule has 78 valence electrons. The van der Waals surface area contributed by atoms with Crippen molar-refractivity contribution in [3.63, 3.8) is 0 Å². The van der Waals surface area contributed by atoms with Crippen molar-refractivity contribution in [2.45, 2.75) is 52.2 Å². The summed E-state index contributed by atoms with van der Waals surface area (Å²) in [5.41, 5.74) is 0.287. The summed E-state index contributed by atoms with van der Waals surface area (Å²) in [7, 11) is 0. The van der Waals surface area contributed by atoms with E-state index in [4.69, 9.17) is 0 Å². The van der Waals surface area contributed by atoms with Gasteiger partial charge in [-0.3, -0.25) is 4.90 Å². The number of likely N-dealkylation sites (tertiary alicyclic amines) is 1. The standard InChI is InChI=1S/C11H23NO/c1-5-10(13)8-12-7-9(2)6-11(12,3)4/h9-10,13H,5-8H2,1-4H3/t9?,10-/m1/s1. The molecule has 0 aromatic rings. The fourth-order valence-electron chi connectivity index (χ4n) is 2.37. The second-order valence-corrected chi connectivity index (χ2v) is 5.09. The molecule has 1 fully saturated rings. The van der Waals surface area contributed by atoms with E-state index < -0.39 is 0 Å². The van der Waals surface area contributed by atoms with Gasteiger partial charge in [0.05, 0.1) is 6.10 Å². The summed E-state index contributed by atoms with van der Waals surface area (Å²) < 4.78 is 0. The number of aliphatic hydroxyl groups is 1. The first kappa shape index (κ1) is 11.0. The smallest absolute Gasteiger partial charge is 0.0664 e. The first-order valence-corrected chi connectivity index (χ1v) is 5.39. The number of aliphatic hydroxyl groups excluding tert-OH is 1. The molecule has 2 heteroatoms. The van der Waals surface area contributed by atoms with Crippen LogP contribution in [0.4, 0.5) is 0 Å². The zero-order chi connectivity index (χ0) is 10.1. The van der Waals surface area contributed by atoms with E-state index >= 15 is 0 Å². The van der Waals surface area contributed by atoms with Crippen LogP contribution in [0, 0.1) is 5.92 Å². The topological polar surface area (TPSA) is 23.5 Å². The Hall–Kier alpha value is -0.0800. The number of hydrogen-bond acceptors (Lipinski definition) is 2. The van der Waals surface area contributed by atoms with Crippen molar-refractivity contribution in [1.82, 2.24) is 4.90 Å².